The maximum Gasteiger partial charge on any atom is 0.310 e. The van der Waals surface area contributed by atoms with Crippen LogP contribution in [0, 0.1) is 0 Å². The van der Waals surface area contributed by atoms with Crippen LogP contribution in [0.15, 0.2) is 12.1 Å². The summed E-state index contributed by atoms with van der Waals surface area (Å²) in [7, 11) is 0. The first kappa shape index (κ1) is 8.87. The lowest BCUT2D eigenvalue weighted by Gasteiger charge is -2.23. The molecule has 0 amide bonds. The van der Waals surface area contributed by atoms with Crippen LogP contribution in [0.25, 0.3) is 0 Å². The van der Waals surface area contributed by atoms with Crippen molar-refractivity contribution in [1.29, 1.82) is 0 Å². The molecule has 1 atom stereocenters. The largest absolute Gasteiger partial charge is 0.508 e. The SMILES string of the molecule is C[C@H]1OC(=O)Cc2cc(O)cc(O)c21. The van der Waals surface area contributed by atoms with Gasteiger partial charge in [0.15, 0.2) is 0 Å². The second kappa shape index (κ2) is 2.90. The number of esters is 1. The van der Waals surface area contributed by atoms with Crippen molar-refractivity contribution in [3.05, 3.63) is 23.3 Å². The molecule has 2 rings (SSSR count). The average molecular weight is 194 g/mol. The summed E-state index contributed by atoms with van der Waals surface area (Å²) >= 11 is 0. The number of carbonyl (C=O) groups is 1. The van der Waals surface area contributed by atoms with Gasteiger partial charge in [-0.3, -0.25) is 4.79 Å². The van der Waals surface area contributed by atoms with Crippen molar-refractivity contribution in [2.24, 2.45) is 0 Å². The highest BCUT2D eigenvalue weighted by molar-refractivity contribution is 5.76. The lowest BCUT2D eigenvalue weighted by Crippen LogP contribution is -2.19. The van der Waals surface area contributed by atoms with E-state index in [9.17, 15) is 15.0 Å². The molecule has 0 saturated heterocycles. The van der Waals surface area contributed by atoms with Crippen molar-refractivity contribution < 1.29 is 19.7 Å². The number of cyclic esters (lactones) is 1. The maximum atomic E-state index is 11.1. The van der Waals surface area contributed by atoms with Crippen LogP contribution in [-0.2, 0) is 16.0 Å². The first-order valence-electron chi connectivity index (χ1n) is 4.32. The average Bonchev–Trinajstić information content (AvgIpc) is 1.99. The Morgan fingerprint density at radius 1 is 1.43 bits per heavy atom. The first-order valence-corrected chi connectivity index (χ1v) is 4.32. The molecule has 4 nitrogen and oxygen atoms in total. The molecule has 0 aromatic heterocycles. The summed E-state index contributed by atoms with van der Waals surface area (Å²) in [4.78, 5) is 11.1. The molecule has 1 aromatic rings. The minimum atomic E-state index is -0.452. The third-order valence-corrected chi connectivity index (χ3v) is 2.28. The van der Waals surface area contributed by atoms with Gasteiger partial charge in [0.2, 0.25) is 0 Å². The predicted octanol–water partition coefficient (Wildman–Crippen LogP) is 1.26. The monoisotopic (exact) mass is 194 g/mol. The van der Waals surface area contributed by atoms with Crippen molar-refractivity contribution >= 4 is 5.97 Å². The maximum absolute atomic E-state index is 11.1. The first-order chi connectivity index (χ1) is 6.58. The van der Waals surface area contributed by atoms with Gasteiger partial charge in [-0.1, -0.05) is 0 Å². The topological polar surface area (TPSA) is 66.8 Å². The molecule has 1 aliphatic rings. The van der Waals surface area contributed by atoms with Crippen molar-refractivity contribution in [1.82, 2.24) is 0 Å². The number of carbonyl (C=O) groups excluding carboxylic acids is 1. The summed E-state index contributed by atoms with van der Waals surface area (Å²) in [5.41, 5.74) is 1.22. The Labute approximate surface area is 80.7 Å². The van der Waals surface area contributed by atoms with Gasteiger partial charge < -0.3 is 14.9 Å². The van der Waals surface area contributed by atoms with Crippen molar-refractivity contribution in [3.63, 3.8) is 0 Å². The van der Waals surface area contributed by atoms with Crippen LogP contribution in [0.4, 0.5) is 0 Å². The number of aromatic hydroxyl groups is 2. The molecular formula is C10H10O4. The van der Waals surface area contributed by atoms with E-state index >= 15 is 0 Å². The Morgan fingerprint density at radius 2 is 2.14 bits per heavy atom. The molecule has 74 valence electrons. The van der Waals surface area contributed by atoms with E-state index in [1.165, 1.54) is 12.1 Å². The third kappa shape index (κ3) is 1.28. The van der Waals surface area contributed by atoms with Gasteiger partial charge in [0.05, 0.1) is 6.42 Å². The quantitative estimate of drug-likeness (QED) is 0.610. The summed E-state index contributed by atoms with van der Waals surface area (Å²) < 4.78 is 4.95. The van der Waals surface area contributed by atoms with Gasteiger partial charge in [-0.05, 0) is 18.6 Å². The number of hydrogen-bond donors (Lipinski definition) is 2. The summed E-state index contributed by atoms with van der Waals surface area (Å²) in [5.74, 6) is -0.404. The number of rotatable bonds is 0. The third-order valence-electron chi connectivity index (χ3n) is 2.28. The zero-order valence-electron chi connectivity index (χ0n) is 7.65. The van der Waals surface area contributed by atoms with Gasteiger partial charge in [-0.15, -0.1) is 0 Å². The van der Waals surface area contributed by atoms with Gasteiger partial charge >= 0.3 is 5.97 Å². The van der Waals surface area contributed by atoms with Gasteiger partial charge in [-0.25, -0.2) is 0 Å². The molecule has 14 heavy (non-hydrogen) atoms. The van der Waals surface area contributed by atoms with Crippen LogP contribution in [0.3, 0.4) is 0 Å². The second-order valence-corrected chi connectivity index (χ2v) is 3.35. The number of ether oxygens (including phenoxy) is 1. The van der Waals surface area contributed by atoms with E-state index < -0.39 is 6.10 Å². The fraction of sp³-hybridized carbons (Fsp3) is 0.300. The second-order valence-electron chi connectivity index (χ2n) is 3.35. The highest BCUT2D eigenvalue weighted by Crippen LogP contribution is 2.36. The van der Waals surface area contributed by atoms with Crippen LogP contribution in [-0.4, -0.2) is 16.2 Å². The summed E-state index contributed by atoms with van der Waals surface area (Å²) in [6, 6.07) is 2.72. The Hall–Kier alpha value is -1.71. The fourth-order valence-electron chi connectivity index (χ4n) is 1.75. The molecule has 1 aliphatic heterocycles. The van der Waals surface area contributed by atoms with Crippen LogP contribution in [0.2, 0.25) is 0 Å². The van der Waals surface area contributed by atoms with Gasteiger partial charge in [0.1, 0.15) is 17.6 Å². The van der Waals surface area contributed by atoms with Crippen molar-refractivity contribution in [3.8, 4) is 11.5 Å². The van der Waals surface area contributed by atoms with E-state index in [4.69, 9.17) is 4.74 Å². The van der Waals surface area contributed by atoms with Crippen molar-refractivity contribution in [2.75, 3.05) is 0 Å². The fourth-order valence-corrected chi connectivity index (χ4v) is 1.75. The minimum absolute atomic E-state index is 0.0278. The molecule has 0 bridgehead atoms. The molecule has 0 aliphatic carbocycles. The minimum Gasteiger partial charge on any atom is -0.508 e. The molecular weight excluding hydrogens is 184 g/mol. The van der Waals surface area contributed by atoms with E-state index in [2.05, 4.69) is 0 Å². The molecule has 0 radical (unpaired) electrons. The van der Waals surface area contributed by atoms with Crippen LogP contribution < -0.4 is 0 Å². The van der Waals surface area contributed by atoms with E-state index in [-0.39, 0.29) is 23.9 Å². The van der Waals surface area contributed by atoms with E-state index in [1.54, 1.807) is 6.92 Å². The predicted molar refractivity (Wildman–Crippen MR) is 48.0 cm³/mol. The number of phenolic OH excluding ortho intramolecular Hbond substituents is 2. The lowest BCUT2D eigenvalue weighted by atomic mass is 9.97. The van der Waals surface area contributed by atoms with Gasteiger partial charge in [0.25, 0.3) is 0 Å². The highest BCUT2D eigenvalue weighted by atomic mass is 16.5. The number of phenols is 2. The summed E-state index contributed by atoms with van der Waals surface area (Å²) in [5, 5.41) is 18.8. The lowest BCUT2D eigenvalue weighted by molar-refractivity contribution is -0.149. The molecule has 4 heteroatoms. The summed E-state index contributed by atoms with van der Waals surface area (Å²) in [6.07, 6.45) is -0.353. The molecule has 0 spiro atoms. The zero-order chi connectivity index (χ0) is 10.3. The highest BCUT2D eigenvalue weighted by Gasteiger charge is 2.26. The Balaban J connectivity index is 2.58. The Kier molecular flexibility index (Phi) is 1.84. The Morgan fingerprint density at radius 3 is 2.86 bits per heavy atom. The molecule has 0 fully saturated rings. The Bertz CT molecular complexity index is 397. The van der Waals surface area contributed by atoms with Crippen LogP contribution in [0.1, 0.15) is 24.2 Å². The van der Waals surface area contributed by atoms with Crippen LogP contribution in [0.5, 0.6) is 11.5 Å². The van der Waals surface area contributed by atoms with E-state index in [0.29, 0.717) is 11.1 Å². The normalized spacial score (nSPS) is 20.1. The molecule has 1 heterocycles. The number of hydrogen-bond acceptors (Lipinski definition) is 4. The van der Waals surface area contributed by atoms with E-state index in [0.717, 1.165) is 0 Å². The standard InChI is InChI=1S/C10H10O4/c1-5-10-6(3-9(13)14-5)2-7(11)4-8(10)12/h2,4-5,11-12H,3H2,1H3/t5-/m1/s1. The molecule has 2 N–H and O–H groups in total. The molecule has 0 saturated carbocycles. The van der Waals surface area contributed by atoms with Gasteiger partial charge in [-0.2, -0.15) is 0 Å². The molecule has 0 unspecified atom stereocenters. The molecule has 1 aromatic carbocycles. The van der Waals surface area contributed by atoms with Gasteiger partial charge in [0, 0.05) is 11.6 Å². The smallest absolute Gasteiger partial charge is 0.310 e. The zero-order valence-corrected chi connectivity index (χ0v) is 7.65. The van der Waals surface area contributed by atoms with Crippen molar-refractivity contribution in [2.45, 2.75) is 19.4 Å². The number of fused-ring (bicyclic) bond motifs is 1. The van der Waals surface area contributed by atoms with Crippen LogP contribution >= 0.6 is 0 Å². The number of benzene rings is 1. The van der Waals surface area contributed by atoms with E-state index in [1.807, 2.05) is 0 Å². The summed E-state index contributed by atoms with van der Waals surface area (Å²) in [6.45, 7) is 1.69.